The molecule has 6 heteroatoms. The van der Waals surface area contributed by atoms with E-state index in [1.807, 2.05) is 36.1 Å². The summed E-state index contributed by atoms with van der Waals surface area (Å²) in [5.41, 5.74) is 2.07. The summed E-state index contributed by atoms with van der Waals surface area (Å²) < 4.78 is 0. The molecule has 2 fully saturated rings. The number of rotatable bonds is 6. The number of aryl methyl sites for hydroxylation is 1. The summed E-state index contributed by atoms with van der Waals surface area (Å²) in [6.07, 6.45) is 3.59. The molecule has 1 aromatic rings. The average Bonchev–Trinajstić information content (AvgIpc) is 3.09. The number of nitrogens with zero attached hydrogens (tertiary/aromatic N) is 2. The molecular weight excluding hydrogens is 344 g/mol. The van der Waals surface area contributed by atoms with Gasteiger partial charge in [0.05, 0.1) is 5.92 Å². The molecule has 0 spiro atoms. The van der Waals surface area contributed by atoms with Crippen LogP contribution in [0.3, 0.4) is 0 Å². The summed E-state index contributed by atoms with van der Waals surface area (Å²) in [5, 5.41) is 9.63. The van der Waals surface area contributed by atoms with Crippen molar-refractivity contribution in [3.05, 3.63) is 35.4 Å². The van der Waals surface area contributed by atoms with Crippen LogP contribution >= 0.6 is 0 Å². The second-order valence-electron chi connectivity index (χ2n) is 7.65. The molecule has 2 amide bonds. The van der Waals surface area contributed by atoms with E-state index in [9.17, 15) is 19.5 Å². The minimum atomic E-state index is -0.850. The first kappa shape index (κ1) is 19.4. The molecule has 0 unspecified atom stereocenters. The van der Waals surface area contributed by atoms with Gasteiger partial charge in [-0.25, -0.2) is 0 Å². The largest absolute Gasteiger partial charge is 0.481 e. The number of aliphatic carboxylic acids is 1. The maximum absolute atomic E-state index is 12.6. The lowest BCUT2D eigenvalue weighted by Crippen LogP contribution is -2.37. The van der Waals surface area contributed by atoms with Crippen LogP contribution in [-0.4, -0.2) is 58.9 Å². The van der Waals surface area contributed by atoms with Gasteiger partial charge in [0, 0.05) is 44.9 Å². The van der Waals surface area contributed by atoms with E-state index in [0.717, 1.165) is 30.5 Å². The van der Waals surface area contributed by atoms with E-state index >= 15 is 0 Å². The molecule has 3 rings (SSSR count). The van der Waals surface area contributed by atoms with E-state index in [2.05, 4.69) is 0 Å². The van der Waals surface area contributed by atoms with Gasteiger partial charge in [-0.3, -0.25) is 14.4 Å². The predicted molar refractivity (Wildman–Crippen MR) is 101 cm³/mol. The van der Waals surface area contributed by atoms with E-state index in [0.29, 0.717) is 32.4 Å². The average molecular weight is 372 g/mol. The van der Waals surface area contributed by atoms with Gasteiger partial charge in [0.25, 0.3) is 0 Å². The van der Waals surface area contributed by atoms with Gasteiger partial charge >= 0.3 is 5.97 Å². The van der Waals surface area contributed by atoms with Gasteiger partial charge in [-0.05, 0) is 37.3 Å². The van der Waals surface area contributed by atoms with Crippen molar-refractivity contribution in [1.29, 1.82) is 0 Å². The number of carbonyl (C=O) groups is 3. The highest BCUT2D eigenvalue weighted by atomic mass is 16.4. The lowest BCUT2D eigenvalue weighted by molar-refractivity contribution is -0.142. The molecule has 1 aromatic carbocycles. The predicted octanol–water partition coefficient (Wildman–Crippen LogP) is 2.41. The molecule has 146 valence electrons. The number of piperidine rings is 1. The number of carboxylic acid groups (broad SMARTS) is 1. The highest BCUT2D eigenvalue weighted by Crippen LogP contribution is 2.35. The maximum atomic E-state index is 12.6. The quantitative estimate of drug-likeness (QED) is 0.832. The summed E-state index contributed by atoms with van der Waals surface area (Å²) in [7, 11) is 0. The molecule has 2 heterocycles. The van der Waals surface area contributed by atoms with E-state index in [-0.39, 0.29) is 24.3 Å². The number of carboxylic acids is 1. The van der Waals surface area contributed by atoms with Crippen LogP contribution in [0.4, 0.5) is 0 Å². The van der Waals surface area contributed by atoms with Crippen molar-refractivity contribution < 1.29 is 19.5 Å². The summed E-state index contributed by atoms with van der Waals surface area (Å²) in [6.45, 7) is 4.09. The van der Waals surface area contributed by atoms with Crippen molar-refractivity contribution >= 4 is 17.8 Å². The zero-order valence-corrected chi connectivity index (χ0v) is 15.9. The fraction of sp³-hybridized carbons (Fsp3) is 0.571. The fourth-order valence-electron chi connectivity index (χ4n) is 4.25. The van der Waals surface area contributed by atoms with Gasteiger partial charge in [0.2, 0.25) is 11.8 Å². The van der Waals surface area contributed by atoms with Crippen molar-refractivity contribution in [2.45, 2.75) is 44.9 Å². The minimum Gasteiger partial charge on any atom is -0.481 e. The highest BCUT2D eigenvalue weighted by molar-refractivity contribution is 5.80. The van der Waals surface area contributed by atoms with Crippen molar-refractivity contribution in [2.75, 3.05) is 26.2 Å². The van der Waals surface area contributed by atoms with E-state index in [1.165, 1.54) is 0 Å². The minimum absolute atomic E-state index is 0.0122. The fourth-order valence-corrected chi connectivity index (χ4v) is 4.25. The normalized spacial score (nSPS) is 22.9. The van der Waals surface area contributed by atoms with Crippen molar-refractivity contribution in [3.8, 4) is 0 Å². The van der Waals surface area contributed by atoms with Crippen molar-refractivity contribution in [2.24, 2.45) is 5.92 Å². The molecule has 2 aliphatic rings. The Labute approximate surface area is 160 Å². The van der Waals surface area contributed by atoms with Crippen LogP contribution in [0.5, 0.6) is 0 Å². The van der Waals surface area contributed by atoms with Crippen molar-refractivity contribution in [3.63, 3.8) is 0 Å². The SMILES string of the molecule is Cc1ccccc1[C@@H]1CN(C(=O)CCCN2CCCCC2=O)C[C@H]1C(=O)O. The van der Waals surface area contributed by atoms with Crippen LogP contribution in [0, 0.1) is 12.8 Å². The smallest absolute Gasteiger partial charge is 0.308 e. The molecule has 2 saturated heterocycles. The van der Waals surface area contributed by atoms with Crippen LogP contribution < -0.4 is 0 Å². The number of amides is 2. The van der Waals surface area contributed by atoms with E-state index in [1.54, 1.807) is 4.90 Å². The monoisotopic (exact) mass is 372 g/mol. The summed E-state index contributed by atoms with van der Waals surface area (Å²) in [4.78, 5) is 39.7. The van der Waals surface area contributed by atoms with Crippen LogP contribution in [0.25, 0.3) is 0 Å². The molecule has 2 aliphatic heterocycles. The van der Waals surface area contributed by atoms with Gasteiger partial charge in [0.15, 0.2) is 0 Å². The third-order valence-corrected chi connectivity index (χ3v) is 5.82. The van der Waals surface area contributed by atoms with Crippen LogP contribution in [0.1, 0.15) is 49.1 Å². The standard InChI is InChI=1S/C21H28N2O4/c1-15-7-2-3-8-16(15)17-13-23(14-18(17)21(26)27)20(25)10-6-12-22-11-5-4-9-19(22)24/h2-3,7-8,17-18H,4-6,9-14H2,1H3,(H,26,27)/t17-,18+/m0/s1. The van der Waals surface area contributed by atoms with E-state index < -0.39 is 11.9 Å². The molecule has 1 N–H and O–H groups in total. The molecule has 27 heavy (non-hydrogen) atoms. The maximum Gasteiger partial charge on any atom is 0.308 e. The molecule has 6 nitrogen and oxygen atoms in total. The molecular formula is C21H28N2O4. The highest BCUT2D eigenvalue weighted by Gasteiger charge is 2.40. The molecule has 2 atom stereocenters. The number of benzene rings is 1. The number of hydrogen-bond acceptors (Lipinski definition) is 3. The third-order valence-electron chi connectivity index (χ3n) is 5.82. The lowest BCUT2D eigenvalue weighted by atomic mass is 9.86. The van der Waals surface area contributed by atoms with Crippen LogP contribution in [-0.2, 0) is 14.4 Å². The van der Waals surface area contributed by atoms with Crippen molar-refractivity contribution in [1.82, 2.24) is 9.80 Å². The first-order chi connectivity index (χ1) is 13.0. The Morgan fingerprint density at radius 3 is 2.67 bits per heavy atom. The Balaban J connectivity index is 1.58. The second kappa shape index (κ2) is 8.55. The van der Waals surface area contributed by atoms with Gasteiger partial charge in [-0.1, -0.05) is 24.3 Å². The molecule has 0 bridgehead atoms. The van der Waals surface area contributed by atoms with Crippen LogP contribution in [0.2, 0.25) is 0 Å². The third kappa shape index (κ3) is 4.49. The summed E-state index contributed by atoms with van der Waals surface area (Å²) >= 11 is 0. The van der Waals surface area contributed by atoms with Gasteiger partial charge in [-0.2, -0.15) is 0 Å². The van der Waals surface area contributed by atoms with E-state index in [4.69, 9.17) is 0 Å². The Bertz CT molecular complexity index is 718. The second-order valence-corrected chi connectivity index (χ2v) is 7.65. The van der Waals surface area contributed by atoms with Gasteiger partial charge in [0.1, 0.15) is 0 Å². The molecule has 0 aliphatic carbocycles. The Kier molecular flexibility index (Phi) is 6.14. The van der Waals surface area contributed by atoms with Gasteiger partial charge < -0.3 is 14.9 Å². The number of likely N-dealkylation sites (tertiary alicyclic amines) is 2. The first-order valence-electron chi connectivity index (χ1n) is 9.81. The first-order valence-corrected chi connectivity index (χ1v) is 9.81. The summed E-state index contributed by atoms with van der Waals surface area (Å²) in [6, 6.07) is 7.80. The summed E-state index contributed by atoms with van der Waals surface area (Å²) in [5.74, 6) is -1.42. The Morgan fingerprint density at radius 2 is 1.96 bits per heavy atom. The zero-order chi connectivity index (χ0) is 19.4. The Hall–Kier alpha value is -2.37. The molecule has 0 saturated carbocycles. The van der Waals surface area contributed by atoms with Gasteiger partial charge in [-0.15, -0.1) is 0 Å². The molecule has 0 aromatic heterocycles. The lowest BCUT2D eigenvalue weighted by Gasteiger charge is -2.26. The Morgan fingerprint density at radius 1 is 1.19 bits per heavy atom. The molecule has 0 radical (unpaired) electrons. The number of hydrogen-bond donors (Lipinski definition) is 1. The van der Waals surface area contributed by atoms with Crippen LogP contribution in [0.15, 0.2) is 24.3 Å². The zero-order valence-electron chi connectivity index (χ0n) is 15.9. The topological polar surface area (TPSA) is 77.9 Å². The number of carbonyl (C=O) groups excluding carboxylic acids is 2.